The molecule has 1 N–H and O–H groups in total. The standard InChI is InChI=1S/C22H20N4OS/c1-14-7-9-18(10-8-14)24-22-25-21(27)19(28-22)13-17-12-15(2)26(16(17)3)20-6-4-5-11-23-20/h4-13H,1-3H3,(H,24,25,27)/b19-13+. The summed E-state index contributed by atoms with van der Waals surface area (Å²) in [6.07, 6.45) is 3.69. The van der Waals surface area contributed by atoms with Gasteiger partial charge in [0.1, 0.15) is 5.82 Å². The van der Waals surface area contributed by atoms with E-state index in [2.05, 4.69) is 25.9 Å². The van der Waals surface area contributed by atoms with Crippen LogP contribution in [0.4, 0.5) is 5.69 Å². The highest BCUT2D eigenvalue weighted by molar-refractivity contribution is 8.18. The average Bonchev–Trinajstić information content (AvgIpc) is 3.16. The molecule has 28 heavy (non-hydrogen) atoms. The number of aliphatic imine (C=N–C) groups is 1. The normalized spacial score (nSPS) is 16.8. The number of thioether (sulfide) groups is 1. The molecule has 0 atom stereocenters. The minimum Gasteiger partial charge on any atom is -0.303 e. The van der Waals surface area contributed by atoms with Crippen LogP contribution in [-0.2, 0) is 4.79 Å². The van der Waals surface area contributed by atoms with E-state index in [1.165, 1.54) is 17.3 Å². The van der Waals surface area contributed by atoms with Gasteiger partial charge in [-0.1, -0.05) is 23.8 Å². The van der Waals surface area contributed by atoms with Crippen molar-refractivity contribution in [2.45, 2.75) is 20.8 Å². The molecule has 1 aliphatic heterocycles. The second kappa shape index (κ2) is 7.48. The number of rotatable bonds is 3. The molecule has 0 unspecified atom stereocenters. The molecule has 0 spiro atoms. The Morgan fingerprint density at radius 2 is 1.89 bits per heavy atom. The summed E-state index contributed by atoms with van der Waals surface area (Å²) in [6, 6.07) is 15.8. The van der Waals surface area contributed by atoms with Crippen LogP contribution in [0.1, 0.15) is 22.5 Å². The van der Waals surface area contributed by atoms with Crippen LogP contribution < -0.4 is 5.32 Å². The van der Waals surface area contributed by atoms with Crippen molar-refractivity contribution in [3.05, 3.63) is 82.1 Å². The third kappa shape index (κ3) is 3.64. The Morgan fingerprint density at radius 3 is 2.61 bits per heavy atom. The lowest BCUT2D eigenvalue weighted by Crippen LogP contribution is -2.19. The quantitative estimate of drug-likeness (QED) is 0.662. The number of aryl methyl sites for hydroxylation is 2. The number of nitrogens with one attached hydrogen (secondary N) is 1. The average molecular weight is 388 g/mol. The molecule has 0 radical (unpaired) electrons. The Balaban J connectivity index is 1.63. The van der Waals surface area contributed by atoms with Gasteiger partial charge in [-0.3, -0.25) is 4.79 Å². The van der Waals surface area contributed by atoms with Gasteiger partial charge >= 0.3 is 0 Å². The maximum atomic E-state index is 12.4. The van der Waals surface area contributed by atoms with Crippen molar-refractivity contribution in [1.82, 2.24) is 14.9 Å². The topological polar surface area (TPSA) is 59.3 Å². The number of amides is 1. The summed E-state index contributed by atoms with van der Waals surface area (Å²) in [4.78, 5) is 22.0. The molecule has 3 aromatic rings. The third-order valence-electron chi connectivity index (χ3n) is 4.55. The van der Waals surface area contributed by atoms with Crippen molar-refractivity contribution in [2.75, 3.05) is 0 Å². The van der Waals surface area contributed by atoms with Crippen LogP contribution in [0.25, 0.3) is 11.9 Å². The molecule has 0 saturated carbocycles. The third-order valence-corrected chi connectivity index (χ3v) is 5.46. The molecule has 2 aromatic heterocycles. The van der Waals surface area contributed by atoms with Crippen molar-refractivity contribution in [1.29, 1.82) is 0 Å². The summed E-state index contributed by atoms with van der Waals surface area (Å²) in [7, 11) is 0. The number of aromatic nitrogens is 2. The first-order chi connectivity index (χ1) is 13.5. The van der Waals surface area contributed by atoms with E-state index < -0.39 is 0 Å². The monoisotopic (exact) mass is 388 g/mol. The molecule has 5 nitrogen and oxygen atoms in total. The van der Waals surface area contributed by atoms with Crippen LogP contribution in [-0.4, -0.2) is 20.6 Å². The van der Waals surface area contributed by atoms with Crippen LogP contribution in [0.5, 0.6) is 0 Å². The largest absolute Gasteiger partial charge is 0.303 e. The molecule has 3 heterocycles. The summed E-state index contributed by atoms with van der Waals surface area (Å²) in [5.41, 5.74) is 5.11. The Morgan fingerprint density at radius 1 is 1.11 bits per heavy atom. The number of amidine groups is 1. The molecule has 0 bridgehead atoms. The minimum absolute atomic E-state index is 0.126. The summed E-state index contributed by atoms with van der Waals surface area (Å²) in [6.45, 7) is 6.11. The number of carbonyl (C=O) groups is 1. The fourth-order valence-electron chi connectivity index (χ4n) is 3.13. The number of pyridine rings is 1. The number of hydrogen-bond donors (Lipinski definition) is 1. The number of carbonyl (C=O) groups excluding carboxylic acids is 1. The van der Waals surface area contributed by atoms with Crippen molar-refractivity contribution in [3.8, 4) is 5.82 Å². The van der Waals surface area contributed by atoms with E-state index in [1.807, 2.05) is 69.3 Å². The molecule has 0 aliphatic carbocycles. The van der Waals surface area contributed by atoms with Gasteiger partial charge in [0, 0.05) is 17.6 Å². The van der Waals surface area contributed by atoms with Gasteiger partial charge in [-0.25, -0.2) is 9.98 Å². The Kier molecular flexibility index (Phi) is 4.88. The van der Waals surface area contributed by atoms with Gasteiger partial charge in [0.15, 0.2) is 5.17 Å². The van der Waals surface area contributed by atoms with Crippen molar-refractivity contribution >= 4 is 34.6 Å². The van der Waals surface area contributed by atoms with E-state index in [0.29, 0.717) is 10.1 Å². The number of nitrogens with zero attached hydrogens (tertiary/aromatic N) is 3. The smallest absolute Gasteiger partial charge is 0.264 e. The van der Waals surface area contributed by atoms with E-state index in [-0.39, 0.29) is 5.91 Å². The van der Waals surface area contributed by atoms with E-state index in [0.717, 1.165) is 28.5 Å². The summed E-state index contributed by atoms with van der Waals surface area (Å²) < 4.78 is 2.09. The zero-order valence-electron chi connectivity index (χ0n) is 15.9. The van der Waals surface area contributed by atoms with Gasteiger partial charge in [0.2, 0.25) is 0 Å². The number of hydrogen-bond acceptors (Lipinski definition) is 4. The van der Waals surface area contributed by atoms with Gasteiger partial charge in [0.05, 0.1) is 10.6 Å². The molecule has 140 valence electrons. The molecule has 1 amide bonds. The van der Waals surface area contributed by atoms with Crippen LogP contribution in [0.15, 0.2) is 64.6 Å². The lowest BCUT2D eigenvalue weighted by Gasteiger charge is -2.07. The summed E-state index contributed by atoms with van der Waals surface area (Å²) in [5, 5.41) is 3.44. The lowest BCUT2D eigenvalue weighted by atomic mass is 10.2. The highest BCUT2D eigenvalue weighted by atomic mass is 32.2. The second-order valence-electron chi connectivity index (χ2n) is 6.67. The molecule has 1 fully saturated rings. The Labute approximate surface area is 168 Å². The maximum Gasteiger partial charge on any atom is 0.264 e. The van der Waals surface area contributed by atoms with Gasteiger partial charge in [-0.15, -0.1) is 0 Å². The molecule has 1 aromatic carbocycles. The predicted octanol–water partition coefficient (Wildman–Crippen LogP) is 4.69. The molecule has 1 aliphatic rings. The SMILES string of the molecule is Cc1ccc(N=C2NC(=O)/C(=C\c3cc(C)n(-c4ccccn4)c3C)S2)cc1. The van der Waals surface area contributed by atoms with Crippen molar-refractivity contribution in [2.24, 2.45) is 4.99 Å². The lowest BCUT2D eigenvalue weighted by molar-refractivity contribution is -0.115. The Bertz CT molecular complexity index is 1100. The van der Waals surface area contributed by atoms with Crippen LogP contribution in [0, 0.1) is 20.8 Å². The van der Waals surface area contributed by atoms with E-state index >= 15 is 0 Å². The fourth-order valence-corrected chi connectivity index (χ4v) is 3.96. The summed E-state index contributed by atoms with van der Waals surface area (Å²) >= 11 is 1.36. The second-order valence-corrected chi connectivity index (χ2v) is 7.70. The maximum absolute atomic E-state index is 12.4. The fraction of sp³-hybridized carbons (Fsp3) is 0.136. The molecular weight excluding hydrogens is 368 g/mol. The molecule has 1 saturated heterocycles. The van der Waals surface area contributed by atoms with E-state index in [1.54, 1.807) is 6.20 Å². The van der Waals surface area contributed by atoms with E-state index in [4.69, 9.17) is 0 Å². The highest BCUT2D eigenvalue weighted by Gasteiger charge is 2.24. The van der Waals surface area contributed by atoms with E-state index in [9.17, 15) is 4.79 Å². The first kappa shape index (κ1) is 18.3. The zero-order valence-corrected chi connectivity index (χ0v) is 16.7. The van der Waals surface area contributed by atoms with Crippen LogP contribution >= 0.6 is 11.8 Å². The minimum atomic E-state index is -0.126. The van der Waals surface area contributed by atoms with Gasteiger partial charge in [-0.2, -0.15) is 0 Å². The molecular formula is C22H20N4OS. The van der Waals surface area contributed by atoms with Gasteiger partial charge in [-0.05, 0) is 74.5 Å². The zero-order chi connectivity index (χ0) is 19.7. The van der Waals surface area contributed by atoms with Crippen molar-refractivity contribution in [3.63, 3.8) is 0 Å². The summed E-state index contributed by atoms with van der Waals surface area (Å²) in [5.74, 6) is 0.741. The van der Waals surface area contributed by atoms with Crippen molar-refractivity contribution < 1.29 is 4.79 Å². The highest BCUT2D eigenvalue weighted by Crippen LogP contribution is 2.30. The van der Waals surface area contributed by atoms with Crippen LogP contribution in [0.2, 0.25) is 0 Å². The Hall–Kier alpha value is -3.12. The molecule has 4 rings (SSSR count). The van der Waals surface area contributed by atoms with Gasteiger partial charge in [0.25, 0.3) is 5.91 Å². The number of benzene rings is 1. The van der Waals surface area contributed by atoms with Crippen LogP contribution in [0.3, 0.4) is 0 Å². The first-order valence-corrected chi connectivity index (χ1v) is 9.79. The van der Waals surface area contributed by atoms with Gasteiger partial charge < -0.3 is 9.88 Å². The predicted molar refractivity (Wildman–Crippen MR) is 115 cm³/mol. The first-order valence-electron chi connectivity index (χ1n) is 8.98. The molecule has 6 heteroatoms.